The number of carbonyl (C=O) groups excluding carboxylic acids is 1. The second-order valence-corrected chi connectivity index (χ2v) is 8.96. The Kier molecular flexibility index (Phi) is 5.27. The summed E-state index contributed by atoms with van der Waals surface area (Å²) in [6.45, 7) is 4.93. The van der Waals surface area contributed by atoms with Gasteiger partial charge in [-0.25, -0.2) is 0 Å². The molecule has 1 amide bonds. The fraction of sp³-hybridized carbons (Fsp3) is 0.200. The molecule has 160 valence electrons. The van der Waals surface area contributed by atoms with Gasteiger partial charge in [-0.1, -0.05) is 49.4 Å². The summed E-state index contributed by atoms with van der Waals surface area (Å²) in [4.78, 5) is 17.0. The van der Waals surface area contributed by atoms with Crippen LogP contribution in [0.4, 0.5) is 0 Å². The molecule has 2 aromatic carbocycles. The van der Waals surface area contributed by atoms with Gasteiger partial charge < -0.3 is 4.57 Å². The highest BCUT2D eigenvalue weighted by Gasteiger charge is 2.35. The summed E-state index contributed by atoms with van der Waals surface area (Å²) in [6.07, 6.45) is 5.60. The number of aliphatic imine (C=N–C) groups is 1. The second-order valence-electron chi connectivity index (χ2n) is 7.92. The average molecular weight is 442 g/mol. The van der Waals surface area contributed by atoms with Gasteiger partial charge >= 0.3 is 0 Å². The number of rotatable bonds is 5. The zero-order valence-corrected chi connectivity index (χ0v) is 18.8. The molecule has 0 radical (unpaired) electrons. The lowest BCUT2D eigenvalue weighted by atomic mass is 10.1. The number of para-hydroxylation sites is 1. The number of amidine groups is 2. The summed E-state index contributed by atoms with van der Waals surface area (Å²) < 4.78 is 2.19. The molecule has 3 aromatic rings. The Morgan fingerprint density at radius 2 is 1.91 bits per heavy atom. The molecule has 3 heterocycles. The smallest absolute Gasteiger partial charge is 0.283 e. The largest absolute Gasteiger partial charge is 0.342 e. The third-order valence-electron chi connectivity index (χ3n) is 5.68. The molecule has 32 heavy (non-hydrogen) atoms. The third kappa shape index (κ3) is 3.58. The molecule has 0 bridgehead atoms. The molecule has 2 aliphatic rings. The Morgan fingerprint density at radius 1 is 1.12 bits per heavy atom. The monoisotopic (exact) mass is 441 g/mol. The van der Waals surface area contributed by atoms with Gasteiger partial charge in [-0.2, -0.15) is 15.1 Å². The van der Waals surface area contributed by atoms with Crippen molar-refractivity contribution in [3.63, 3.8) is 0 Å². The lowest BCUT2D eigenvalue weighted by Crippen LogP contribution is -2.35. The maximum Gasteiger partial charge on any atom is 0.283 e. The van der Waals surface area contributed by atoms with Crippen molar-refractivity contribution in [2.45, 2.75) is 33.2 Å². The molecular formula is C25H23N5OS. The number of hydrazone groups is 1. The van der Waals surface area contributed by atoms with Crippen LogP contribution in [0.15, 0.2) is 70.4 Å². The molecule has 1 aromatic heterocycles. The van der Waals surface area contributed by atoms with Crippen molar-refractivity contribution >= 4 is 50.7 Å². The fourth-order valence-corrected chi connectivity index (χ4v) is 4.98. The number of carbonyl (C=O) groups is 1. The highest BCUT2D eigenvalue weighted by Crippen LogP contribution is 2.31. The minimum atomic E-state index is -0.391. The first-order valence-corrected chi connectivity index (χ1v) is 11.5. The summed E-state index contributed by atoms with van der Waals surface area (Å²) in [5, 5.41) is 17.0. The molecule has 0 spiro atoms. The number of nitrogens with zero attached hydrogens (tertiary/aromatic N) is 4. The van der Waals surface area contributed by atoms with Crippen molar-refractivity contribution in [1.82, 2.24) is 9.58 Å². The van der Waals surface area contributed by atoms with E-state index in [9.17, 15) is 4.79 Å². The number of fused-ring (bicyclic) bond motifs is 2. The van der Waals surface area contributed by atoms with E-state index in [1.807, 2.05) is 24.3 Å². The first-order chi connectivity index (χ1) is 15.5. The van der Waals surface area contributed by atoms with Crippen molar-refractivity contribution in [3.05, 3.63) is 77.0 Å². The van der Waals surface area contributed by atoms with Gasteiger partial charge in [0.25, 0.3) is 5.91 Å². The topological polar surface area (TPSA) is 73.8 Å². The van der Waals surface area contributed by atoms with Crippen LogP contribution in [0.1, 0.15) is 36.5 Å². The van der Waals surface area contributed by atoms with E-state index in [1.165, 1.54) is 27.9 Å². The summed E-state index contributed by atoms with van der Waals surface area (Å²) in [7, 11) is 0. The van der Waals surface area contributed by atoms with E-state index in [1.54, 1.807) is 6.08 Å². The number of hydrogen-bond donors (Lipinski definition) is 1. The molecule has 7 heteroatoms. The van der Waals surface area contributed by atoms with E-state index < -0.39 is 5.91 Å². The van der Waals surface area contributed by atoms with Crippen molar-refractivity contribution < 1.29 is 4.79 Å². The number of benzene rings is 2. The predicted molar refractivity (Wildman–Crippen MR) is 132 cm³/mol. The summed E-state index contributed by atoms with van der Waals surface area (Å²) >= 11 is 1.38. The Bertz CT molecular complexity index is 1350. The number of thioether (sulfide) groups is 1. The van der Waals surface area contributed by atoms with Crippen LogP contribution in [0.5, 0.6) is 0 Å². The van der Waals surface area contributed by atoms with E-state index in [0.29, 0.717) is 5.17 Å². The van der Waals surface area contributed by atoms with Gasteiger partial charge in [-0.15, -0.1) is 0 Å². The number of hydrogen-bond acceptors (Lipinski definition) is 4. The van der Waals surface area contributed by atoms with Gasteiger partial charge in [0.05, 0.1) is 5.57 Å². The first kappa shape index (κ1) is 20.5. The van der Waals surface area contributed by atoms with Crippen LogP contribution in [-0.2, 0) is 11.3 Å². The normalized spacial score (nSPS) is 17.2. The third-order valence-corrected chi connectivity index (χ3v) is 6.65. The minimum Gasteiger partial charge on any atom is -0.342 e. The second kappa shape index (κ2) is 8.24. The van der Waals surface area contributed by atoms with Gasteiger partial charge in [0, 0.05) is 29.2 Å². The molecule has 6 nitrogen and oxygen atoms in total. The van der Waals surface area contributed by atoms with Crippen LogP contribution >= 0.6 is 11.8 Å². The Hall–Kier alpha value is -3.45. The number of aromatic nitrogens is 1. The molecule has 1 N–H and O–H groups in total. The molecule has 0 fully saturated rings. The molecule has 0 atom stereocenters. The van der Waals surface area contributed by atoms with Crippen LogP contribution in [0, 0.1) is 12.3 Å². The quantitative estimate of drug-likeness (QED) is 0.538. The molecule has 0 saturated carbocycles. The molecule has 0 unspecified atom stereocenters. The number of aryl methyl sites for hydroxylation is 1. The van der Waals surface area contributed by atoms with E-state index in [-0.39, 0.29) is 11.4 Å². The highest BCUT2D eigenvalue weighted by atomic mass is 32.2. The Morgan fingerprint density at radius 3 is 2.72 bits per heavy atom. The predicted octanol–water partition coefficient (Wildman–Crippen LogP) is 5.42. The lowest BCUT2D eigenvalue weighted by Gasteiger charge is -2.20. The van der Waals surface area contributed by atoms with Crippen molar-refractivity contribution in [2.75, 3.05) is 0 Å². The minimum absolute atomic E-state index is 0.0781. The molecular weight excluding hydrogens is 418 g/mol. The molecule has 0 aliphatic carbocycles. The van der Waals surface area contributed by atoms with Crippen LogP contribution in [-0.4, -0.2) is 31.5 Å². The van der Waals surface area contributed by atoms with Crippen LogP contribution < -0.4 is 0 Å². The van der Waals surface area contributed by atoms with Gasteiger partial charge in [0.2, 0.25) is 5.17 Å². The lowest BCUT2D eigenvalue weighted by molar-refractivity contribution is -0.114. The summed E-state index contributed by atoms with van der Waals surface area (Å²) in [5.41, 5.74) is 4.72. The van der Waals surface area contributed by atoms with Crippen molar-refractivity contribution in [2.24, 2.45) is 10.1 Å². The fourth-order valence-electron chi connectivity index (χ4n) is 3.99. The van der Waals surface area contributed by atoms with Crippen molar-refractivity contribution in [3.8, 4) is 0 Å². The zero-order chi connectivity index (χ0) is 22.2. The number of amides is 1. The van der Waals surface area contributed by atoms with Gasteiger partial charge in [0.1, 0.15) is 5.04 Å². The zero-order valence-electron chi connectivity index (χ0n) is 18.0. The van der Waals surface area contributed by atoms with E-state index in [4.69, 9.17) is 5.41 Å². The van der Waals surface area contributed by atoms with E-state index in [0.717, 1.165) is 40.9 Å². The summed E-state index contributed by atoms with van der Waals surface area (Å²) in [5.74, 6) is -0.313. The van der Waals surface area contributed by atoms with Crippen molar-refractivity contribution in [1.29, 1.82) is 5.41 Å². The van der Waals surface area contributed by atoms with Gasteiger partial charge in [0.15, 0.2) is 5.84 Å². The number of nitrogens with one attached hydrogen (secondary N) is 1. The SMILES string of the molecule is CCCC1=NN2C(=N)C(=Cc3cn(Cc4ccccc4C)c4ccccc34)C(=O)N=C2S1. The standard InChI is InChI=1S/C25H23N5OS/c1-3-8-22-28-30-23(26)20(24(31)27-25(30)32-22)13-18-15-29(21-12-7-6-11-19(18)21)14-17-10-5-4-9-16(17)2/h4-7,9-13,15,26H,3,8,14H2,1-2H3. The van der Waals surface area contributed by atoms with Gasteiger partial charge in [-0.3, -0.25) is 10.2 Å². The Labute approximate surface area is 190 Å². The highest BCUT2D eigenvalue weighted by molar-refractivity contribution is 8.26. The molecule has 5 rings (SSSR count). The molecule has 2 aliphatic heterocycles. The van der Waals surface area contributed by atoms with E-state index >= 15 is 0 Å². The van der Waals surface area contributed by atoms with Crippen LogP contribution in [0.2, 0.25) is 0 Å². The maximum atomic E-state index is 12.8. The van der Waals surface area contributed by atoms with E-state index in [2.05, 4.69) is 59.0 Å². The van der Waals surface area contributed by atoms with Crippen LogP contribution in [0.25, 0.3) is 17.0 Å². The van der Waals surface area contributed by atoms with Crippen LogP contribution in [0.3, 0.4) is 0 Å². The van der Waals surface area contributed by atoms with Gasteiger partial charge in [-0.05, 0) is 54.8 Å². The first-order valence-electron chi connectivity index (χ1n) is 10.7. The summed E-state index contributed by atoms with van der Waals surface area (Å²) in [6, 6.07) is 16.5. The average Bonchev–Trinajstić information content (AvgIpc) is 3.34. The molecule has 0 saturated heterocycles. The maximum absolute atomic E-state index is 12.8. The Balaban J connectivity index is 1.55.